The zero-order chi connectivity index (χ0) is 12.1. The molecular weight excluding hydrogens is 220 g/mol. The Morgan fingerprint density at radius 2 is 2.00 bits per heavy atom. The van der Waals surface area contributed by atoms with E-state index in [4.69, 9.17) is 11.1 Å². The van der Waals surface area contributed by atoms with Crippen LogP contribution in [0.3, 0.4) is 0 Å². The van der Waals surface area contributed by atoms with Gasteiger partial charge in [0.15, 0.2) is 0 Å². The largest absolute Gasteiger partial charge is 0.383 e. The van der Waals surface area contributed by atoms with Crippen LogP contribution in [-0.2, 0) is 13.0 Å². The summed E-state index contributed by atoms with van der Waals surface area (Å²) in [6.45, 7) is 9.23. The quantitative estimate of drug-likeness (QED) is 0.589. The van der Waals surface area contributed by atoms with Crippen LogP contribution in [0.15, 0.2) is 0 Å². The number of nitrogens with zero attached hydrogens (tertiary/aromatic N) is 2. The standard InChI is InChI=1S/C11H20N4S/c1-4-8-10(11(12)13)16-9(14-8)7-15(5-2)6-3/h4-7H2,1-3H3,(H3,12,13). The highest BCUT2D eigenvalue weighted by Gasteiger charge is 2.13. The summed E-state index contributed by atoms with van der Waals surface area (Å²) >= 11 is 1.55. The first-order valence-corrected chi connectivity index (χ1v) is 6.49. The van der Waals surface area contributed by atoms with Crippen LogP contribution < -0.4 is 5.73 Å². The Morgan fingerprint density at radius 3 is 2.38 bits per heavy atom. The van der Waals surface area contributed by atoms with Gasteiger partial charge in [0.1, 0.15) is 10.8 Å². The number of nitrogen functional groups attached to an aromatic ring is 1. The van der Waals surface area contributed by atoms with E-state index in [1.165, 1.54) is 0 Å². The lowest BCUT2D eigenvalue weighted by Gasteiger charge is -2.15. The molecule has 0 saturated carbocycles. The van der Waals surface area contributed by atoms with E-state index in [0.29, 0.717) is 0 Å². The summed E-state index contributed by atoms with van der Waals surface area (Å²) in [7, 11) is 0. The number of hydrogen-bond donors (Lipinski definition) is 2. The second kappa shape index (κ2) is 5.96. The van der Waals surface area contributed by atoms with Gasteiger partial charge in [0.05, 0.1) is 17.1 Å². The molecule has 1 aromatic rings. The summed E-state index contributed by atoms with van der Waals surface area (Å²) in [5, 5.41) is 8.56. The molecule has 3 N–H and O–H groups in total. The minimum Gasteiger partial charge on any atom is -0.383 e. The monoisotopic (exact) mass is 240 g/mol. The van der Waals surface area contributed by atoms with Crippen LogP contribution in [0, 0.1) is 5.41 Å². The first-order chi connectivity index (χ1) is 7.62. The van der Waals surface area contributed by atoms with E-state index in [1.54, 1.807) is 11.3 Å². The number of aromatic nitrogens is 1. The number of thiazole rings is 1. The summed E-state index contributed by atoms with van der Waals surface area (Å²) in [5.41, 5.74) is 6.50. The van der Waals surface area contributed by atoms with Gasteiger partial charge in [-0.2, -0.15) is 0 Å². The van der Waals surface area contributed by atoms with Gasteiger partial charge < -0.3 is 5.73 Å². The van der Waals surface area contributed by atoms with E-state index in [1.807, 2.05) is 6.92 Å². The van der Waals surface area contributed by atoms with Crippen LogP contribution in [0.4, 0.5) is 0 Å². The van der Waals surface area contributed by atoms with Crippen LogP contribution in [0.5, 0.6) is 0 Å². The molecular formula is C11H20N4S. The van der Waals surface area contributed by atoms with E-state index in [2.05, 4.69) is 23.7 Å². The highest BCUT2D eigenvalue weighted by Crippen LogP contribution is 2.20. The first-order valence-electron chi connectivity index (χ1n) is 5.67. The van der Waals surface area contributed by atoms with Crippen molar-refractivity contribution in [1.29, 1.82) is 5.41 Å². The predicted molar refractivity (Wildman–Crippen MR) is 69.1 cm³/mol. The Hall–Kier alpha value is -0.940. The molecule has 0 amide bonds. The maximum absolute atomic E-state index is 7.50. The molecule has 4 nitrogen and oxygen atoms in total. The van der Waals surface area contributed by atoms with Crippen molar-refractivity contribution in [2.45, 2.75) is 33.7 Å². The van der Waals surface area contributed by atoms with Crippen molar-refractivity contribution in [3.63, 3.8) is 0 Å². The summed E-state index contributed by atoms with van der Waals surface area (Å²) in [5.74, 6) is 0.139. The average Bonchev–Trinajstić information content (AvgIpc) is 2.69. The summed E-state index contributed by atoms with van der Waals surface area (Å²) in [6, 6.07) is 0. The molecule has 0 atom stereocenters. The Balaban J connectivity index is 2.86. The van der Waals surface area contributed by atoms with E-state index in [0.717, 1.165) is 41.6 Å². The highest BCUT2D eigenvalue weighted by atomic mass is 32.1. The van der Waals surface area contributed by atoms with E-state index in [9.17, 15) is 0 Å². The van der Waals surface area contributed by atoms with Crippen molar-refractivity contribution in [1.82, 2.24) is 9.88 Å². The summed E-state index contributed by atoms with van der Waals surface area (Å²) < 4.78 is 0. The Bertz CT molecular complexity index is 355. The normalized spacial score (nSPS) is 11.0. The fourth-order valence-electron chi connectivity index (χ4n) is 1.56. The molecule has 0 fully saturated rings. The molecule has 0 spiro atoms. The molecule has 0 radical (unpaired) electrons. The smallest absolute Gasteiger partial charge is 0.135 e. The number of aryl methyl sites for hydroxylation is 1. The van der Waals surface area contributed by atoms with Crippen molar-refractivity contribution in [2.24, 2.45) is 5.73 Å². The third-order valence-electron chi connectivity index (χ3n) is 2.57. The molecule has 1 rings (SSSR count). The maximum atomic E-state index is 7.50. The SMILES string of the molecule is CCc1nc(CN(CC)CC)sc1C(=N)N. The number of nitrogens with two attached hydrogens (primary N) is 1. The molecule has 0 aliphatic carbocycles. The van der Waals surface area contributed by atoms with Crippen molar-refractivity contribution >= 4 is 17.2 Å². The molecule has 90 valence electrons. The van der Waals surface area contributed by atoms with Gasteiger partial charge >= 0.3 is 0 Å². The van der Waals surface area contributed by atoms with Gasteiger partial charge in [-0.25, -0.2) is 4.98 Å². The van der Waals surface area contributed by atoms with Crippen molar-refractivity contribution in [3.05, 3.63) is 15.6 Å². The van der Waals surface area contributed by atoms with E-state index < -0.39 is 0 Å². The third-order valence-corrected chi connectivity index (χ3v) is 3.69. The first kappa shape index (κ1) is 13.1. The Morgan fingerprint density at radius 1 is 1.38 bits per heavy atom. The molecule has 0 bridgehead atoms. The van der Waals surface area contributed by atoms with Gasteiger partial charge in [-0.1, -0.05) is 20.8 Å². The van der Waals surface area contributed by atoms with Gasteiger partial charge in [0, 0.05) is 0 Å². The van der Waals surface area contributed by atoms with Crippen LogP contribution >= 0.6 is 11.3 Å². The summed E-state index contributed by atoms with van der Waals surface area (Å²) in [4.78, 5) is 7.69. The number of amidine groups is 1. The number of nitrogens with one attached hydrogen (secondary N) is 1. The zero-order valence-corrected chi connectivity index (χ0v) is 11.0. The van der Waals surface area contributed by atoms with E-state index in [-0.39, 0.29) is 5.84 Å². The summed E-state index contributed by atoms with van der Waals surface area (Å²) in [6.07, 6.45) is 0.837. The van der Waals surface area contributed by atoms with Crippen molar-refractivity contribution in [3.8, 4) is 0 Å². The molecule has 5 heteroatoms. The van der Waals surface area contributed by atoms with Gasteiger partial charge in [-0.05, 0) is 19.5 Å². The molecule has 16 heavy (non-hydrogen) atoms. The highest BCUT2D eigenvalue weighted by molar-refractivity contribution is 7.13. The average molecular weight is 240 g/mol. The molecule has 0 aliphatic rings. The number of hydrogen-bond acceptors (Lipinski definition) is 4. The second-order valence-corrected chi connectivity index (χ2v) is 4.70. The van der Waals surface area contributed by atoms with E-state index >= 15 is 0 Å². The zero-order valence-electron chi connectivity index (χ0n) is 10.2. The van der Waals surface area contributed by atoms with Crippen molar-refractivity contribution < 1.29 is 0 Å². The number of rotatable bonds is 6. The maximum Gasteiger partial charge on any atom is 0.135 e. The Kier molecular flexibility index (Phi) is 4.89. The second-order valence-electron chi connectivity index (χ2n) is 3.61. The van der Waals surface area contributed by atoms with Gasteiger partial charge in [-0.3, -0.25) is 10.3 Å². The third kappa shape index (κ3) is 3.02. The molecule has 0 saturated heterocycles. The fourth-order valence-corrected chi connectivity index (χ4v) is 2.61. The van der Waals surface area contributed by atoms with Gasteiger partial charge in [0.25, 0.3) is 0 Å². The van der Waals surface area contributed by atoms with Crippen LogP contribution in [0.25, 0.3) is 0 Å². The molecule has 0 aromatic carbocycles. The molecule has 1 aromatic heterocycles. The van der Waals surface area contributed by atoms with Gasteiger partial charge in [-0.15, -0.1) is 11.3 Å². The van der Waals surface area contributed by atoms with Crippen LogP contribution in [0.1, 0.15) is 36.3 Å². The topological polar surface area (TPSA) is 66.0 Å². The lowest BCUT2D eigenvalue weighted by Crippen LogP contribution is -2.21. The minimum atomic E-state index is 0.139. The predicted octanol–water partition coefficient (Wildman–Crippen LogP) is 1.83. The molecule has 0 unspecified atom stereocenters. The van der Waals surface area contributed by atoms with Crippen LogP contribution in [-0.4, -0.2) is 28.8 Å². The molecule has 1 heterocycles. The van der Waals surface area contributed by atoms with Crippen LogP contribution in [0.2, 0.25) is 0 Å². The lowest BCUT2D eigenvalue weighted by atomic mass is 10.3. The lowest BCUT2D eigenvalue weighted by molar-refractivity contribution is 0.295. The molecule has 0 aliphatic heterocycles. The van der Waals surface area contributed by atoms with Crippen molar-refractivity contribution in [2.75, 3.05) is 13.1 Å². The van der Waals surface area contributed by atoms with Gasteiger partial charge in [0.2, 0.25) is 0 Å². The minimum absolute atomic E-state index is 0.139. The fraction of sp³-hybridized carbons (Fsp3) is 0.636. The Labute approximate surface area is 101 Å².